The van der Waals surface area contributed by atoms with Crippen molar-refractivity contribution in [2.45, 2.75) is 45.2 Å². The molecule has 106 valence electrons. The second-order valence-electron chi connectivity index (χ2n) is 5.83. The third-order valence-corrected chi connectivity index (χ3v) is 4.14. The minimum Gasteiger partial charge on any atom is -0.313 e. The van der Waals surface area contributed by atoms with Crippen LogP contribution in [0.2, 0.25) is 5.02 Å². The standard InChI is InChI=1S/C16H25ClN2/c1-12(2)16(13-6-8-14(17)9-7-13)19-11-15-5-3-4-10-18-15/h6-9,12,15-16,18-19H,3-5,10-11H2,1-2H3. The van der Waals surface area contributed by atoms with Gasteiger partial charge in [0, 0.05) is 23.7 Å². The third kappa shape index (κ3) is 4.48. The Morgan fingerprint density at radius 3 is 2.58 bits per heavy atom. The molecule has 0 radical (unpaired) electrons. The number of benzene rings is 1. The molecule has 0 spiro atoms. The summed E-state index contributed by atoms with van der Waals surface area (Å²) in [5.41, 5.74) is 1.33. The van der Waals surface area contributed by atoms with Crippen LogP contribution in [0.3, 0.4) is 0 Å². The predicted octanol–water partition coefficient (Wildman–Crippen LogP) is 3.77. The molecule has 2 unspecified atom stereocenters. The fourth-order valence-electron chi connectivity index (χ4n) is 2.78. The molecular weight excluding hydrogens is 256 g/mol. The molecule has 2 rings (SSSR count). The van der Waals surface area contributed by atoms with Gasteiger partial charge in [0.05, 0.1) is 0 Å². The van der Waals surface area contributed by atoms with E-state index in [0.717, 1.165) is 11.6 Å². The van der Waals surface area contributed by atoms with Crippen molar-refractivity contribution < 1.29 is 0 Å². The van der Waals surface area contributed by atoms with Crippen molar-refractivity contribution in [2.75, 3.05) is 13.1 Å². The first-order valence-corrected chi connectivity index (χ1v) is 7.77. The molecule has 0 bridgehead atoms. The molecule has 1 aliphatic rings. The minimum atomic E-state index is 0.404. The summed E-state index contributed by atoms with van der Waals surface area (Å²) in [4.78, 5) is 0. The summed E-state index contributed by atoms with van der Waals surface area (Å²) in [5.74, 6) is 0.574. The van der Waals surface area contributed by atoms with Crippen LogP contribution in [0.4, 0.5) is 0 Å². The van der Waals surface area contributed by atoms with Crippen molar-refractivity contribution in [3.63, 3.8) is 0 Å². The summed E-state index contributed by atoms with van der Waals surface area (Å²) in [5, 5.41) is 8.12. The van der Waals surface area contributed by atoms with Gasteiger partial charge in [-0.3, -0.25) is 0 Å². The van der Waals surface area contributed by atoms with Gasteiger partial charge in [0.15, 0.2) is 0 Å². The van der Waals surface area contributed by atoms with Crippen LogP contribution in [0, 0.1) is 5.92 Å². The molecule has 0 aliphatic carbocycles. The molecule has 1 aromatic rings. The van der Waals surface area contributed by atoms with Crippen LogP contribution < -0.4 is 10.6 Å². The molecule has 3 heteroatoms. The SMILES string of the molecule is CC(C)C(NCC1CCCCN1)c1ccc(Cl)cc1. The van der Waals surface area contributed by atoms with E-state index in [-0.39, 0.29) is 0 Å². The maximum Gasteiger partial charge on any atom is 0.0406 e. The highest BCUT2D eigenvalue weighted by atomic mass is 35.5. The number of halogens is 1. The highest BCUT2D eigenvalue weighted by Gasteiger charge is 2.18. The molecule has 2 atom stereocenters. The fraction of sp³-hybridized carbons (Fsp3) is 0.625. The number of rotatable bonds is 5. The van der Waals surface area contributed by atoms with E-state index >= 15 is 0 Å². The summed E-state index contributed by atoms with van der Waals surface area (Å²) in [6, 6.07) is 9.26. The van der Waals surface area contributed by atoms with Crippen molar-refractivity contribution in [1.82, 2.24) is 10.6 Å². The Morgan fingerprint density at radius 2 is 2.00 bits per heavy atom. The van der Waals surface area contributed by atoms with Gasteiger partial charge in [-0.2, -0.15) is 0 Å². The van der Waals surface area contributed by atoms with Gasteiger partial charge in [-0.1, -0.05) is 44.0 Å². The topological polar surface area (TPSA) is 24.1 Å². The van der Waals surface area contributed by atoms with E-state index in [9.17, 15) is 0 Å². The second-order valence-corrected chi connectivity index (χ2v) is 6.26. The van der Waals surface area contributed by atoms with Crippen molar-refractivity contribution in [2.24, 2.45) is 5.92 Å². The van der Waals surface area contributed by atoms with E-state index in [2.05, 4.69) is 36.6 Å². The number of hydrogen-bond donors (Lipinski definition) is 2. The Balaban J connectivity index is 1.94. The zero-order chi connectivity index (χ0) is 13.7. The molecule has 1 saturated heterocycles. The highest BCUT2D eigenvalue weighted by Crippen LogP contribution is 2.23. The van der Waals surface area contributed by atoms with E-state index in [1.165, 1.54) is 31.4 Å². The lowest BCUT2D eigenvalue weighted by molar-refractivity contribution is 0.338. The van der Waals surface area contributed by atoms with Gasteiger partial charge in [-0.05, 0) is 43.0 Å². The quantitative estimate of drug-likeness (QED) is 0.858. The Labute approximate surface area is 121 Å². The van der Waals surface area contributed by atoms with Gasteiger partial charge in [0.25, 0.3) is 0 Å². The Bertz CT molecular complexity index is 369. The van der Waals surface area contributed by atoms with Crippen LogP contribution in [0.25, 0.3) is 0 Å². The normalized spacial score (nSPS) is 21.6. The van der Waals surface area contributed by atoms with Crippen molar-refractivity contribution in [1.29, 1.82) is 0 Å². The first kappa shape index (κ1) is 14.8. The van der Waals surface area contributed by atoms with E-state index < -0.39 is 0 Å². The average Bonchev–Trinajstić information content (AvgIpc) is 2.42. The van der Waals surface area contributed by atoms with Gasteiger partial charge in [0.1, 0.15) is 0 Å². The van der Waals surface area contributed by atoms with Crippen LogP contribution in [0.5, 0.6) is 0 Å². The maximum atomic E-state index is 5.96. The van der Waals surface area contributed by atoms with Crippen molar-refractivity contribution in [3.8, 4) is 0 Å². The summed E-state index contributed by atoms with van der Waals surface area (Å²) < 4.78 is 0. The number of piperidine rings is 1. The van der Waals surface area contributed by atoms with E-state index in [0.29, 0.717) is 18.0 Å². The first-order chi connectivity index (χ1) is 9.16. The van der Waals surface area contributed by atoms with Crippen LogP contribution in [-0.4, -0.2) is 19.1 Å². The minimum absolute atomic E-state index is 0.404. The molecule has 2 nitrogen and oxygen atoms in total. The molecular formula is C16H25ClN2. The molecule has 1 aliphatic heterocycles. The Hall–Kier alpha value is -0.570. The van der Waals surface area contributed by atoms with Crippen LogP contribution in [0.1, 0.15) is 44.7 Å². The Morgan fingerprint density at radius 1 is 1.26 bits per heavy atom. The maximum absolute atomic E-state index is 5.96. The van der Waals surface area contributed by atoms with E-state index in [1.807, 2.05) is 12.1 Å². The lowest BCUT2D eigenvalue weighted by Crippen LogP contribution is -2.43. The van der Waals surface area contributed by atoms with Gasteiger partial charge in [0.2, 0.25) is 0 Å². The molecule has 0 amide bonds. The monoisotopic (exact) mass is 280 g/mol. The molecule has 1 aromatic carbocycles. The second kappa shape index (κ2) is 7.28. The highest BCUT2D eigenvalue weighted by molar-refractivity contribution is 6.30. The smallest absolute Gasteiger partial charge is 0.0406 e. The molecule has 0 saturated carbocycles. The van der Waals surface area contributed by atoms with Gasteiger partial charge in [-0.15, -0.1) is 0 Å². The largest absolute Gasteiger partial charge is 0.313 e. The summed E-state index contributed by atoms with van der Waals surface area (Å²) in [7, 11) is 0. The van der Waals surface area contributed by atoms with Crippen LogP contribution in [0.15, 0.2) is 24.3 Å². The van der Waals surface area contributed by atoms with Crippen molar-refractivity contribution in [3.05, 3.63) is 34.9 Å². The zero-order valence-electron chi connectivity index (χ0n) is 12.0. The average molecular weight is 281 g/mol. The third-order valence-electron chi connectivity index (χ3n) is 3.89. The molecule has 1 heterocycles. The molecule has 1 fully saturated rings. The number of hydrogen-bond acceptors (Lipinski definition) is 2. The first-order valence-electron chi connectivity index (χ1n) is 7.39. The van der Waals surface area contributed by atoms with Crippen LogP contribution >= 0.6 is 11.6 Å². The molecule has 19 heavy (non-hydrogen) atoms. The lowest BCUT2D eigenvalue weighted by Gasteiger charge is -2.29. The predicted molar refractivity (Wildman–Crippen MR) is 82.7 cm³/mol. The summed E-state index contributed by atoms with van der Waals surface area (Å²) >= 11 is 5.96. The summed E-state index contributed by atoms with van der Waals surface area (Å²) in [6.45, 7) is 6.74. The van der Waals surface area contributed by atoms with E-state index in [1.54, 1.807) is 0 Å². The Kier molecular flexibility index (Phi) is 5.68. The van der Waals surface area contributed by atoms with Gasteiger partial charge >= 0.3 is 0 Å². The molecule has 2 N–H and O–H groups in total. The van der Waals surface area contributed by atoms with Crippen LogP contribution in [-0.2, 0) is 0 Å². The van der Waals surface area contributed by atoms with Gasteiger partial charge < -0.3 is 10.6 Å². The van der Waals surface area contributed by atoms with Crippen molar-refractivity contribution >= 4 is 11.6 Å². The summed E-state index contributed by atoms with van der Waals surface area (Å²) in [6.07, 6.45) is 3.96. The number of nitrogens with one attached hydrogen (secondary N) is 2. The van der Waals surface area contributed by atoms with Gasteiger partial charge in [-0.25, -0.2) is 0 Å². The lowest BCUT2D eigenvalue weighted by atomic mass is 9.95. The van der Waals surface area contributed by atoms with E-state index in [4.69, 9.17) is 11.6 Å². The fourth-order valence-corrected chi connectivity index (χ4v) is 2.90. The zero-order valence-corrected chi connectivity index (χ0v) is 12.7. The molecule has 0 aromatic heterocycles.